The first-order chi connectivity index (χ1) is 5.89. The summed E-state index contributed by atoms with van der Waals surface area (Å²) in [7, 11) is 1.64. The first-order valence-electron chi connectivity index (χ1n) is 4.55. The van der Waals surface area contributed by atoms with Gasteiger partial charge >= 0.3 is 0 Å². The van der Waals surface area contributed by atoms with Gasteiger partial charge in [-0.3, -0.25) is 0 Å². The summed E-state index contributed by atoms with van der Waals surface area (Å²) in [4.78, 5) is 0. The van der Waals surface area contributed by atoms with Crippen molar-refractivity contribution in [3.63, 3.8) is 0 Å². The zero-order chi connectivity index (χ0) is 10.1. The molecule has 0 bridgehead atoms. The molecule has 0 saturated heterocycles. The molecule has 1 rings (SSSR count). The van der Waals surface area contributed by atoms with Gasteiger partial charge in [0.2, 0.25) is 0 Å². The van der Waals surface area contributed by atoms with Crippen molar-refractivity contribution in [3.8, 4) is 0 Å². The molecule has 0 aliphatic heterocycles. The molecule has 13 heavy (non-hydrogen) atoms. The number of aliphatic hydroxyl groups is 1. The minimum Gasteiger partial charge on any atom is -0.497 e. The molecule has 1 atom stereocenters. The smallest absolute Gasteiger partial charge is 0.114 e. The molecule has 74 valence electrons. The Morgan fingerprint density at radius 3 is 2.38 bits per heavy atom. The Bertz CT molecular complexity index is 245. The second-order valence-electron chi connectivity index (χ2n) is 4.52. The predicted molar refractivity (Wildman–Crippen MR) is 53.3 cm³/mol. The Labute approximate surface area is 79.9 Å². The summed E-state index contributed by atoms with van der Waals surface area (Å²) in [6, 6.07) is 0. The van der Waals surface area contributed by atoms with Crippen molar-refractivity contribution in [1.29, 1.82) is 0 Å². The maximum atomic E-state index is 10.2. The molecule has 2 nitrogen and oxygen atoms in total. The lowest BCUT2D eigenvalue weighted by atomic mass is 9.73. The molecule has 1 aliphatic carbocycles. The topological polar surface area (TPSA) is 29.5 Å². The third kappa shape index (κ3) is 1.94. The van der Waals surface area contributed by atoms with Crippen LogP contribution in [0.5, 0.6) is 0 Å². The normalized spacial score (nSPS) is 28.5. The third-order valence-corrected chi connectivity index (χ3v) is 2.67. The van der Waals surface area contributed by atoms with Crippen molar-refractivity contribution in [3.05, 3.63) is 24.0 Å². The van der Waals surface area contributed by atoms with Crippen LogP contribution in [0.3, 0.4) is 0 Å². The number of rotatable bonds is 1. The first kappa shape index (κ1) is 10.3. The van der Waals surface area contributed by atoms with Crippen LogP contribution in [0.15, 0.2) is 24.0 Å². The summed E-state index contributed by atoms with van der Waals surface area (Å²) in [5.41, 5.74) is -0.881. The summed E-state index contributed by atoms with van der Waals surface area (Å²) >= 11 is 0. The van der Waals surface area contributed by atoms with Crippen molar-refractivity contribution >= 4 is 0 Å². The molecule has 0 amide bonds. The van der Waals surface area contributed by atoms with E-state index in [0.717, 1.165) is 5.76 Å². The van der Waals surface area contributed by atoms with Gasteiger partial charge in [0.25, 0.3) is 0 Å². The summed E-state index contributed by atoms with van der Waals surface area (Å²) in [5, 5.41) is 10.2. The SMILES string of the molecule is COC1=CCC(O)(C(C)(C)C)C=C1. The second kappa shape index (κ2) is 3.18. The van der Waals surface area contributed by atoms with Crippen LogP contribution in [0.4, 0.5) is 0 Å². The minimum atomic E-state index is -0.741. The van der Waals surface area contributed by atoms with E-state index in [0.29, 0.717) is 6.42 Å². The van der Waals surface area contributed by atoms with Crippen molar-refractivity contribution in [2.24, 2.45) is 5.41 Å². The van der Waals surface area contributed by atoms with E-state index >= 15 is 0 Å². The fourth-order valence-electron chi connectivity index (χ4n) is 1.32. The van der Waals surface area contributed by atoms with E-state index in [1.807, 2.05) is 39.0 Å². The Kier molecular flexibility index (Phi) is 2.53. The van der Waals surface area contributed by atoms with Gasteiger partial charge in [-0.15, -0.1) is 0 Å². The van der Waals surface area contributed by atoms with E-state index in [1.165, 1.54) is 0 Å². The van der Waals surface area contributed by atoms with Crippen LogP contribution in [0.2, 0.25) is 0 Å². The molecule has 1 aliphatic rings. The van der Waals surface area contributed by atoms with Crippen molar-refractivity contribution in [1.82, 2.24) is 0 Å². The fraction of sp³-hybridized carbons (Fsp3) is 0.636. The number of allylic oxidation sites excluding steroid dienone is 1. The molecular weight excluding hydrogens is 164 g/mol. The van der Waals surface area contributed by atoms with E-state index in [4.69, 9.17) is 4.74 Å². The number of methoxy groups -OCH3 is 1. The van der Waals surface area contributed by atoms with Crippen LogP contribution in [0, 0.1) is 5.41 Å². The van der Waals surface area contributed by atoms with Crippen LogP contribution >= 0.6 is 0 Å². The Hall–Kier alpha value is -0.760. The van der Waals surface area contributed by atoms with E-state index in [-0.39, 0.29) is 5.41 Å². The lowest BCUT2D eigenvalue weighted by Crippen LogP contribution is -2.41. The maximum Gasteiger partial charge on any atom is 0.114 e. The van der Waals surface area contributed by atoms with Gasteiger partial charge in [-0.2, -0.15) is 0 Å². The summed E-state index contributed by atoms with van der Waals surface area (Å²) in [5.74, 6) is 0.828. The quantitative estimate of drug-likeness (QED) is 0.674. The Balaban J connectivity index is 2.81. The van der Waals surface area contributed by atoms with Crippen molar-refractivity contribution in [2.75, 3.05) is 7.11 Å². The van der Waals surface area contributed by atoms with Gasteiger partial charge in [0, 0.05) is 6.42 Å². The molecule has 0 fully saturated rings. The molecule has 0 radical (unpaired) electrons. The lowest BCUT2D eigenvalue weighted by molar-refractivity contribution is -0.0133. The molecule has 0 aromatic heterocycles. The molecule has 0 spiro atoms. The van der Waals surface area contributed by atoms with E-state index in [2.05, 4.69) is 0 Å². The van der Waals surface area contributed by atoms with Gasteiger partial charge in [0.05, 0.1) is 12.7 Å². The minimum absolute atomic E-state index is 0.140. The molecule has 0 heterocycles. The average Bonchev–Trinajstić information content (AvgIpc) is 2.04. The Morgan fingerprint density at radius 2 is 2.08 bits per heavy atom. The Morgan fingerprint density at radius 1 is 1.46 bits per heavy atom. The number of hydrogen-bond donors (Lipinski definition) is 1. The summed E-state index contributed by atoms with van der Waals surface area (Å²) in [6.07, 6.45) is 6.20. The molecule has 1 N–H and O–H groups in total. The van der Waals surface area contributed by atoms with Crippen LogP contribution in [-0.2, 0) is 4.74 Å². The monoisotopic (exact) mass is 182 g/mol. The first-order valence-corrected chi connectivity index (χ1v) is 4.55. The van der Waals surface area contributed by atoms with Crippen molar-refractivity contribution in [2.45, 2.75) is 32.8 Å². The largest absolute Gasteiger partial charge is 0.497 e. The molecule has 0 aromatic rings. The van der Waals surface area contributed by atoms with Crippen molar-refractivity contribution < 1.29 is 9.84 Å². The van der Waals surface area contributed by atoms with Crippen LogP contribution < -0.4 is 0 Å². The molecular formula is C11H18O2. The average molecular weight is 182 g/mol. The van der Waals surface area contributed by atoms with Crippen LogP contribution in [0.25, 0.3) is 0 Å². The van der Waals surface area contributed by atoms with E-state index in [1.54, 1.807) is 7.11 Å². The predicted octanol–water partition coefficient (Wildman–Crippen LogP) is 2.25. The highest BCUT2D eigenvalue weighted by atomic mass is 16.5. The van der Waals surface area contributed by atoms with Gasteiger partial charge in [-0.1, -0.05) is 20.8 Å². The zero-order valence-electron chi connectivity index (χ0n) is 8.79. The number of hydrogen-bond acceptors (Lipinski definition) is 2. The summed E-state index contributed by atoms with van der Waals surface area (Å²) in [6.45, 7) is 6.09. The fourth-order valence-corrected chi connectivity index (χ4v) is 1.32. The van der Waals surface area contributed by atoms with E-state index < -0.39 is 5.60 Å². The highest BCUT2D eigenvalue weighted by Gasteiger charge is 2.38. The molecule has 2 heteroatoms. The highest BCUT2D eigenvalue weighted by Crippen LogP contribution is 2.37. The lowest BCUT2D eigenvalue weighted by Gasteiger charge is -2.38. The highest BCUT2D eigenvalue weighted by molar-refractivity contribution is 5.25. The molecule has 0 aromatic carbocycles. The summed E-state index contributed by atoms with van der Waals surface area (Å²) < 4.78 is 5.06. The van der Waals surface area contributed by atoms with Crippen LogP contribution in [0.1, 0.15) is 27.2 Å². The standard InChI is InChI=1S/C11H18O2/c1-10(2,3)11(12)7-5-9(13-4)6-8-11/h5-7,12H,8H2,1-4H3. The van der Waals surface area contributed by atoms with E-state index in [9.17, 15) is 5.11 Å². The van der Waals surface area contributed by atoms with Gasteiger partial charge in [0.1, 0.15) is 5.76 Å². The van der Waals surface area contributed by atoms with Gasteiger partial charge < -0.3 is 9.84 Å². The van der Waals surface area contributed by atoms with Gasteiger partial charge in [-0.05, 0) is 23.6 Å². The second-order valence-corrected chi connectivity index (χ2v) is 4.52. The zero-order valence-corrected chi connectivity index (χ0v) is 8.79. The molecule has 1 unspecified atom stereocenters. The number of ether oxygens (including phenoxy) is 1. The van der Waals surface area contributed by atoms with Crippen LogP contribution in [-0.4, -0.2) is 17.8 Å². The van der Waals surface area contributed by atoms with Gasteiger partial charge in [0.15, 0.2) is 0 Å². The molecule has 0 saturated carbocycles. The van der Waals surface area contributed by atoms with Gasteiger partial charge in [-0.25, -0.2) is 0 Å². The third-order valence-electron chi connectivity index (χ3n) is 2.67. The maximum absolute atomic E-state index is 10.2.